The molecular weight excluding hydrogens is 314 g/mol. The van der Waals surface area contributed by atoms with Crippen LogP contribution in [-0.2, 0) is 7.05 Å². The molecule has 0 bridgehead atoms. The maximum atomic E-state index is 13.0. The molecule has 2 aromatic heterocycles. The third-order valence-electron chi connectivity index (χ3n) is 4.85. The van der Waals surface area contributed by atoms with E-state index < -0.39 is 0 Å². The number of benzene rings is 1. The van der Waals surface area contributed by atoms with E-state index in [4.69, 9.17) is 0 Å². The Kier molecular flexibility index (Phi) is 3.87. The number of nitrogens with zero attached hydrogens (tertiary/aromatic N) is 4. The quantitative estimate of drug-likeness (QED) is 0.800. The van der Waals surface area contributed by atoms with Gasteiger partial charge in [0.1, 0.15) is 5.69 Å². The van der Waals surface area contributed by atoms with Gasteiger partial charge in [0, 0.05) is 30.9 Å². The number of rotatable bonds is 3. The van der Waals surface area contributed by atoms with E-state index in [9.17, 15) is 4.79 Å². The number of carbonyl (C=O) groups is 1. The second-order valence-corrected chi connectivity index (χ2v) is 6.59. The third-order valence-corrected chi connectivity index (χ3v) is 4.85. The maximum Gasteiger partial charge on any atom is 0.272 e. The standard InChI is InChI=1S/C19H21N5O/c1-13-6-3-4-7-15(13)16-10-17(22-21-16)19(25)24-9-5-8-18(24)14-11-20-23(2)12-14/h3-4,6-7,10-12,18H,5,8-9H2,1-2H3,(H,21,22)/t18-/m0/s1. The van der Waals surface area contributed by atoms with Gasteiger partial charge in [0.05, 0.1) is 17.9 Å². The van der Waals surface area contributed by atoms with E-state index >= 15 is 0 Å². The first-order valence-corrected chi connectivity index (χ1v) is 8.54. The first-order chi connectivity index (χ1) is 12.1. The van der Waals surface area contributed by atoms with Crippen LogP contribution >= 0.6 is 0 Å². The van der Waals surface area contributed by atoms with Crippen molar-refractivity contribution in [2.24, 2.45) is 7.05 Å². The van der Waals surface area contributed by atoms with Crippen molar-refractivity contribution in [3.05, 3.63) is 59.5 Å². The molecule has 6 heteroatoms. The first-order valence-electron chi connectivity index (χ1n) is 8.54. The number of H-pyrrole nitrogens is 1. The van der Waals surface area contributed by atoms with Crippen LogP contribution < -0.4 is 0 Å². The second kappa shape index (κ2) is 6.20. The van der Waals surface area contributed by atoms with Crippen molar-refractivity contribution in [3.8, 4) is 11.3 Å². The third kappa shape index (κ3) is 2.84. The largest absolute Gasteiger partial charge is 0.330 e. The van der Waals surface area contributed by atoms with Crippen LogP contribution in [0, 0.1) is 6.92 Å². The molecule has 1 aliphatic rings. The number of aromatic nitrogens is 4. The van der Waals surface area contributed by atoms with E-state index in [1.165, 1.54) is 0 Å². The number of amides is 1. The molecule has 1 aliphatic heterocycles. The Morgan fingerprint density at radius 3 is 2.92 bits per heavy atom. The topological polar surface area (TPSA) is 66.8 Å². The highest BCUT2D eigenvalue weighted by Gasteiger charge is 2.32. The lowest BCUT2D eigenvalue weighted by molar-refractivity contribution is 0.0729. The summed E-state index contributed by atoms with van der Waals surface area (Å²) in [7, 11) is 1.90. The fourth-order valence-corrected chi connectivity index (χ4v) is 3.55. The molecule has 0 saturated carbocycles. The summed E-state index contributed by atoms with van der Waals surface area (Å²) in [5, 5.41) is 11.5. The van der Waals surface area contributed by atoms with Gasteiger partial charge in [0.2, 0.25) is 0 Å². The van der Waals surface area contributed by atoms with E-state index in [0.29, 0.717) is 5.69 Å². The molecule has 3 aromatic rings. The van der Waals surface area contributed by atoms with Crippen molar-refractivity contribution >= 4 is 5.91 Å². The number of hydrogen-bond acceptors (Lipinski definition) is 3. The van der Waals surface area contributed by atoms with E-state index in [-0.39, 0.29) is 11.9 Å². The summed E-state index contributed by atoms with van der Waals surface area (Å²) in [6.07, 6.45) is 5.81. The Bertz CT molecular complexity index is 910. The van der Waals surface area contributed by atoms with Crippen LogP contribution in [0.25, 0.3) is 11.3 Å². The normalized spacial score (nSPS) is 17.2. The molecule has 1 N–H and O–H groups in total. The molecule has 6 nitrogen and oxygen atoms in total. The van der Waals surface area contributed by atoms with Crippen molar-refractivity contribution in [1.82, 2.24) is 24.9 Å². The SMILES string of the molecule is Cc1ccccc1-c1cc(C(=O)N2CCC[C@H]2c2cnn(C)c2)[nH]n1. The van der Waals surface area contributed by atoms with Crippen molar-refractivity contribution in [2.75, 3.05) is 6.54 Å². The summed E-state index contributed by atoms with van der Waals surface area (Å²) >= 11 is 0. The summed E-state index contributed by atoms with van der Waals surface area (Å²) < 4.78 is 1.78. The molecule has 0 radical (unpaired) electrons. The molecule has 0 unspecified atom stereocenters. The van der Waals surface area contributed by atoms with Gasteiger partial charge in [-0.1, -0.05) is 24.3 Å². The Balaban J connectivity index is 1.60. The van der Waals surface area contributed by atoms with Crippen LogP contribution in [0.5, 0.6) is 0 Å². The molecule has 1 aromatic carbocycles. The highest BCUT2D eigenvalue weighted by Crippen LogP contribution is 2.33. The molecular formula is C19H21N5O. The van der Waals surface area contributed by atoms with Crippen molar-refractivity contribution in [2.45, 2.75) is 25.8 Å². The lowest BCUT2D eigenvalue weighted by atomic mass is 10.1. The maximum absolute atomic E-state index is 13.0. The monoisotopic (exact) mass is 335 g/mol. The predicted octanol–water partition coefficient (Wildman–Crippen LogP) is 3.10. The molecule has 1 fully saturated rings. The van der Waals surface area contributed by atoms with Crippen LogP contribution in [0.15, 0.2) is 42.7 Å². The summed E-state index contributed by atoms with van der Waals surface area (Å²) in [6.45, 7) is 2.81. The summed E-state index contributed by atoms with van der Waals surface area (Å²) in [5.74, 6) is -0.00122. The van der Waals surface area contributed by atoms with Crippen molar-refractivity contribution in [1.29, 1.82) is 0 Å². The summed E-state index contributed by atoms with van der Waals surface area (Å²) in [4.78, 5) is 14.9. The highest BCUT2D eigenvalue weighted by atomic mass is 16.2. The van der Waals surface area contributed by atoms with Crippen LogP contribution in [0.3, 0.4) is 0 Å². The smallest absolute Gasteiger partial charge is 0.272 e. The summed E-state index contributed by atoms with van der Waals surface area (Å²) in [6, 6.07) is 9.99. The van der Waals surface area contributed by atoms with Gasteiger partial charge in [-0.3, -0.25) is 14.6 Å². The van der Waals surface area contributed by atoms with Crippen LogP contribution in [0.1, 0.15) is 40.5 Å². The molecule has 3 heterocycles. The molecule has 0 spiro atoms. The lowest BCUT2D eigenvalue weighted by Crippen LogP contribution is -2.30. The van der Waals surface area contributed by atoms with Crippen LogP contribution in [0.4, 0.5) is 0 Å². The Labute approximate surface area is 146 Å². The molecule has 128 valence electrons. The molecule has 1 atom stereocenters. The molecule has 25 heavy (non-hydrogen) atoms. The van der Waals surface area contributed by atoms with Crippen LogP contribution in [0.2, 0.25) is 0 Å². The van der Waals surface area contributed by atoms with Gasteiger partial charge in [-0.25, -0.2) is 0 Å². The second-order valence-electron chi connectivity index (χ2n) is 6.59. The van der Waals surface area contributed by atoms with E-state index in [1.807, 2.05) is 61.6 Å². The summed E-state index contributed by atoms with van der Waals surface area (Å²) in [5.41, 5.74) is 4.62. The minimum absolute atomic E-state index is 0.00122. The van der Waals surface area contributed by atoms with E-state index in [2.05, 4.69) is 15.3 Å². The van der Waals surface area contributed by atoms with Crippen molar-refractivity contribution in [3.63, 3.8) is 0 Å². The average molecular weight is 335 g/mol. The fraction of sp³-hybridized carbons (Fsp3) is 0.316. The number of nitrogens with one attached hydrogen (secondary N) is 1. The Morgan fingerprint density at radius 2 is 2.16 bits per heavy atom. The lowest BCUT2D eigenvalue weighted by Gasteiger charge is -2.23. The Hall–Kier alpha value is -2.89. The highest BCUT2D eigenvalue weighted by molar-refractivity contribution is 5.94. The van der Waals surface area contributed by atoms with Gasteiger partial charge in [0.25, 0.3) is 5.91 Å². The molecule has 1 saturated heterocycles. The van der Waals surface area contributed by atoms with Gasteiger partial charge in [-0.15, -0.1) is 0 Å². The minimum atomic E-state index is -0.00122. The number of carbonyl (C=O) groups excluding carboxylic acids is 1. The van der Waals surface area contributed by atoms with Gasteiger partial charge in [-0.05, 0) is 31.4 Å². The number of aryl methyl sites for hydroxylation is 2. The zero-order valence-electron chi connectivity index (χ0n) is 14.4. The van der Waals surface area contributed by atoms with Gasteiger partial charge >= 0.3 is 0 Å². The fourth-order valence-electron chi connectivity index (χ4n) is 3.55. The molecule has 0 aliphatic carbocycles. The predicted molar refractivity (Wildman–Crippen MR) is 95.0 cm³/mol. The zero-order valence-corrected chi connectivity index (χ0v) is 14.4. The first kappa shape index (κ1) is 15.6. The Morgan fingerprint density at radius 1 is 1.32 bits per heavy atom. The number of aromatic amines is 1. The average Bonchev–Trinajstić information content (AvgIpc) is 3.34. The number of hydrogen-bond donors (Lipinski definition) is 1. The zero-order chi connectivity index (χ0) is 17.4. The van der Waals surface area contributed by atoms with Crippen LogP contribution in [-0.4, -0.2) is 37.3 Å². The molecule has 1 amide bonds. The van der Waals surface area contributed by atoms with Gasteiger partial charge in [-0.2, -0.15) is 10.2 Å². The van der Waals surface area contributed by atoms with Crippen molar-refractivity contribution < 1.29 is 4.79 Å². The molecule has 4 rings (SSSR count). The van der Waals surface area contributed by atoms with Gasteiger partial charge in [0.15, 0.2) is 0 Å². The van der Waals surface area contributed by atoms with Gasteiger partial charge < -0.3 is 4.90 Å². The number of likely N-dealkylation sites (tertiary alicyclic amines) is 1. The minimum Gasteiger partial charge on any atom is -0.330 e. The van der Waals surface area contributed by atoms with E-state index in [1.54, 1.807) is 4.68 Å². The van der Waals surface area contributed by atoms with E-state index in [0.717, 1.165) is 41.8 Å².